The van der Waals surface area contributed by atoms with Gasteiger partial charge in [-0.2, -0.15) is 0 Å². The molecule has 1 saturated carbocycles. The van der Waals surface area contributed by atoms with Crippen molar-refractivity contribution in [1.29, 1.82) is 0 Å². The Labute approximate surface area is 156 Å². The van der Waals surface area contributed by atoms with Crippen molar-refractivity contribution in [3.05, 3.63) is 34.1 Å². The zero-order chi connectivity index (χ0) is 17.7. The van der Waals surface area contributed by atoms with Crippen molar-refractivity contribution in [1.82, 2.24) is 4.90 Å². The molecule has 0 radical (unpaired) electrons. The van der Waals surface area contributed by atoms with Gasteiger partial charge in [0.1, 0.15) is 5.75 Å². The molecule has 1 unspecified atom stereocenters. The maximum atomic E-state index is 9.02. The van der Waals surface area contributed by atoms with Gasteiger partial charge in [0.2, 0.25) is 0 Å². The topological polar surface area (TPSA) is 46.8 Å². The Morgan fingerprint density at radius 2 is 2.24 bits per heavy atom. The Morgan fingerprint density at radius 3 is 2.96 bits per heavy atom. The molecule has 1 N–H and O–H groups in total. The molecule has 2 aliphatic rings. The minimum atomic E-state index is -0.0147. The van der Waals surface area contributed by atoms with Crippen molar-refractivity contribution in [3.8, 4) is 5.75 Å². The SMILES string of the molecule is CC1([N-]CCO)CCCN(CCc2ccc(OCC3CC3)c(Cl)c2)C1. The van der Waals surface area contributed by atoms with Crippen molar-refractivity contribution in [2.45, 2.75) is 44.6 Å². The summed E-state index contributed by atoms with van der Waals surface area (Å²) in [5.41, 5.74) is 1.24. The molecule has 25 heavy (non-hydrogen) atoms. The van der Waals surface area contributed by atoms with Gasteiger partial charge in [0.05, 0.1) is 11.6 Å². The number of rotatable bonds is 9. The normalized spacial score (nSPS) is 24.4. The minimum Gasteiger partial charge on any atom is -0.654 e. The molecule has 1 aromatic carbocycles. The maximum absolute atomic E-state index is 9.02. The second kappa shape index (κ2) is 8.72. The third-order valence-electron chi connectivity index (χ3n) is 5.23. The summed E-state index contributed by atoms with van der Waals surface area (Å²) in [4.78, 5) is 2.48. The molecule has 0 bridgehead atoms. The molecule has 0 amide bonds. The number of nitrogens with zero attached hydrogens (tertiary/aromatic N) is 2. The highest BCUT2D eigenvalue weighted by molar-refractivity contribution is 6.32. The Morgan fingerprint density at radius 1 is 1.40 bits per heavy atom. The van der Waals surface area contributed by atoms with Gasteiger partial charge in [0.25, 0.3) is 0 Å². The number of halogens is 1. The van der Waals surface area contributed by atoms with E-state index in [0.29, 0.717) is 6.54 Å². The molecule has 140 valence electrons. The van der Waals surface area contributed by atoms with E-state index in [-0.39, 0.29) is 12.1 Å². The number of likely N-dealkylation sites (tertiary alicyclic amines) is 1. The van der Waals surface area contributed by atoms with E-state index >= 15 is 0 Å². The van der Waals surface area contributed by atoms with E-state index in [9.17, 15) is 0 Å². The first-order chi connectivity index (χ1) is 12.1. The quantitative estimate of drug-likeness (QED) is 0.722. The second-order valence-electron chi connectivity index (χ2n) is 7.75. The zero-order valence-electron chi connectivity index (χ0n) is 15.2. The maximum Gasteiger partial charge on any atom is 0.137 e. The lowest BCUT2D eigenvalue weighted by Crippen LogP contribution is -2.46. The average Bonchev–Trinajstić information content (AvgIpc) is 3.42. The molecular weight excluding hydrogens is 336 g/mol. The Kier molecular flexibility index (Phi) is 6.61. The van der Waals surface area contributed by atoms with E-state index in [4.69, 9.17) is 21.4 Å². The molecule has 5 heteroatoms. The summed E-state index contributed by atoms with van der Waals surface area (Å²) in [5.74, 6) is 1.55. The van der Waals surface area contributed by atoms with Crippen LogP contribution in [0, 0.1) is 5.92 Å². The van der Waals surface area contributed by atoms with Crippen LogP contribution in [0.3, 0.4) is 0 Å². The Bertz CT molecular complexity index is 565. The van der Waals surface area contributed by atoms with Crippen molar-refractivity contribution in [2.75, 3.05) is 39.4 Å². The smallest absolute Gasteiger partial charge is 0.137 e. The van der Waals surface area contributed by atoms with Gasteiger partial charge in [-0.1, -0.05) is 31.0 Å². The number of ether oxygens (including phenoxy) is 1. The summed E-state index contributed by atoms with van der Waals surface area (Å²) in [6, 6.07) is 6.19. The molecule has 1 aromatic rings. The molecule has 1 heterocycles. The number of aliphatic hydroxyl groups is 1. The first-order valence-corrected chi connectivity index (χ1v) is 9.89. The van der Waals surface area contributed by atoms with Gasteiger partial charge in [-0.3, -0.25) is 0 Å². The molecular formula is C20H30ClN2O2-. The molecule has 1 aliphatic carbocycles. The van der Waals surface area contributed by atoms with Crippen LogP contribution >= 0.6 is 11.6 Å². The van der Waals surface area contributed by atoms with E-state index in [0.717, 1.165) is 55.8 Å². The van der Waals surface area contributed by atoms with Gasteiger partial charge < -0.3 is 20.1 Å². The van der Waals surface area contributed by atoms with Crippen LogP contribution in [0.4, 0.5) is 0 Å². The first kappa shape index (κ1) is 19.0. The summed E-state index contributed by atoms with van der Waals surface area (Å²) in [5, 5.41) is 14.4. The summed E-state index contributed by atoms with van der Waals surface area (Å²) < 4.78 is 5.80. The van der Waals surface area contributed by atoms with Crippen LogP contribution in [0.2, 0.25) is 5.02 Å². The fraction of sp³-hybridized carbons (Fsp3) is 0.700. The molecule has 1 aliphatic heterocycles. The highest BCUT2D eigenvalue weighted by Gasteiger charge is 2.23. The average molecular weight is 366 g/mol. The molecule has 2 fully saturated rings. The summed E-state index contributed by atoms with van der Waals surface area (Å²) in [6.45, 7) is 6.80. The van der Waals surface area contributed by atoms with Crippen molar-refractivity contribution >= 4 is 11.6 Å². The Hall–Kier alpha value is -0.810. The number of hydrogen-bond acceptors (Lipinski definition) is 3. The van der Waals surface area contributed by atoms with E-state index in [1.807, 2.05) is 12.1 Å². The first-order valence-electron chi connectivity index (χ1n) is 9.51. The third-order valence-corrected chi connectivity index (χ3v) is 5.53. The van der Waals surface area contributed by atoms with Crippen LogP contribution in [0.15, 0.2) is 18.2 Å². The van der Waals surface area contributed by atoms with Gasteiger partial charge in [-0.05, 0) is 62.4 Å². The lowest BCUT2D eigenvalue weighted by molar-refractivity contribution is 0.174. The van der Waals surface area contributed by atoms with Crippen molar-refractivity contribution in [3.63, 3.8) is 0 Å². The number of hydrogen-bond donors (Lipinski definition) is 1. The van der Waals surface area contributed by atoms with E-state index in [1.54, 1.807) is 0 Å². The van der Waals surface area contributed by atoms with E-state index in [2.05, 4.69) is 23.2 Å². The summed E-state index contributed by atoms with van der Waals surface area (Å²) >= 11 is 6.38. The van der Waals surface area contributed by atoms with Crippen LogP contribution in [0.5, 0.6) is 5.75 Å². The van der Waals surface area contributed by atoms with Gasteiger partial charge in [-0.15, -0.1) is 12.1 Å². The van der Waals surface area contributed by atoms with E-state index in [1.165, 1.54) is 24.8 Å². The van der Waals surface area contributed by atoms with Gasteiger partial charge in [0.15, 0.2) is 0 Å². The fourth-order valence-corrected chi connectivity index (χ4v) is 3.82. The van der Waals surface area contributed by atoms with Gasteiger partial charge in [-0.25, -0.2) is 0 Å². The number of piperidine rings is 1. The monoisotopic (exact) mass is 365 g/mol. The molecule has 3 rings (SSSR count). The number of benzene rings is 1. The highest BCUT2D eigenvalue weighted by Crippen LogP contribution is 2.32. The van der Waals surface area contributed by atoms with Gasteiger partial charge in [0, 0.05) is 13.2 Å². The zero-order valence-corrected chi connectivity index (χ0v) is 16.0. The lowest BCUT2D eigenvalue weighted by Gasteiger charge is -2.50. The predicted octanol–water partition coefficient (Wildman–Crippen LogP) is 3.89. The third kappa shape index (κ3) is 5.85. The largest absolute Gasteiger partial charge is 0.654 e. The number of aliphatic hydroxyl groups excluding tert-OH is 1. The minimum absolute atomic E-state index is 0.0147. The molecule has 0 aromatic heterocycles. The highest BCUT2D eigenvalue weighted by atomic mass is 35.5. The molecule has 0 spiro atoms. The van der Waals surface area contributed by atoms with Crippen LogP contribution in [0.1, 0.15) is 38.2 Å². The lowest BCUT2D eigenvalue weighted by atomic mass is 9.91. The van der Waals surface area contributed by atoms with Crippen LogP contribution < -0.4 is 4.74 Å². The predicted molar refractivity (Wildman–Crippen MR) is 103 cm³/mol. The summed E-state index contributed by atoms with van der Waals surface area (Å²) in [6.07, 6.45) is 5.84. The van der Waals surface area contributed by atoms with Crippen LogP contribution in [-0.4, -0.2) is 54.9 Å². The van der Waals surface area contributed by atoms with Gasteiger partial charge >= 0.3 is 0 Å². The van der Waals surface area contributed by atoms with Crippen LogP contribution in [0.25, 0.3) is 5.32 Å². The summed E-state index contributed by atoms with van der Waals surface area (Å²) in [7, 11) is 0. The molecule has 4 nitrogen and oxygen atoms in total. The van der Waals surface area contributed by atoms with Crippen molar-refractivity contribution in [2.24, 2.45) is 5.92 Å². The second-order valence-corrected chi connectivity index (χ2v) is 8.16. The van der Waals surface area contributed by atoms with Crippen LogP contribution in [-0.2, 0) is 6.42 Å². The fourth-order valence-electron chi connectivity index (χ4n) is 3.56. The standard InChI is InChI=1S/C20H30ClN2O2/c1-20(22-9-12-24)8-2-10-23(15-20)11-7-16-5-6-19(18(21)13-16)25-14-17-3-4-17/h5-6,13,17,24H,2-4,7-12,14-15H2,1H3/q-1. The van der Waals surface area contributed by atoms with Crippen molar-refractivity contribution < 1.29 is 9.84 Å². The Balaban J connectivity index is 1.48. The molecule has 1 atom stereocenters. The molecule has 1 saturated heterocycles. The van der Waals surface area contributed by atoms with E-state index < -0.39 is 0 Å².